The number of carbonyl (C=O) groups excluding carboxylic acids is 1. The number of fused-ring (bicyclic) bond motifs is 1. The molecule has 1 amide bonds. The summed E-state index contributed by atoms with van der Waals surface area (Å²) < 4.78 is 7.33. The van der Waals surface area contributed by atoms with E-state index in [0.717, 1.165) is 45.2 Å². The van der Waals surface area contributed by atoms with Gasteiger partial charge in [0.15, 0.2) is 0 Å². The van der Waals surface area contributed by atoms with Gasteiger partial charge in [0.1, 0.15) is 16.3 Å². The topological polar surface area (TPSA) is 92.6 Å². The molecule has 1 aromatic carbocycles. The van der Waals surface area contributed by atoms with E-state index in [2.05, 4.69) is 17.0 Å². The van der Waals surface area contributed by atoms with Crippen LogP contribution >= 0.6 is 11.3 Å². The Hall–Kier alpha value is -3.46. The lowest BCUT2D eigenvalue weighted by Gasteiger charge is -2.33. The maximum absolute atomic E-state index is 12.7. The fourth-order valence-corrected chi connectivity index (χ4v) is 5.47. The van der Waals surface area contributed by atoms with Gasteiger partial charge in [-0.05, 0) is 40.5 Å². The molecule has 0 atom stereocenters. The van der Waals surface area contributed by atoms with E-state index in [1.807, 2.05) is 55.6 Å². The maximum atomic E-state index is 12.7. The van der Waals surface area contributed by atoms with E-state index in [1.54, 1.807) is 28.5 Å². The molecule has 1 aliphatic heterocycles. The Balaban J connectivity index is 1.43. The standard InChI is InChI=1S/C26H29N5O3S/c1-16-22(18-8-6-5-7-9-18)29-24(35-16)19-15-27-31-20(14-21(32)28-23(19)31)17-10-12-30(13-11-17)25(33)34-26(2,3)4/h5-9,14-15,17H,10-13H2,1-4H3,(H,28,32). The molecule has 0 unspecified atom stereocenters. The van der Waals surface area contributed by atoms with Crippen LogP contribution in [-0.4, -0.2) is 49.3 Å². The summed E-state index contributed by atoms with van der Waals surface area (Å²) in [4.78, 5) is 35.8. The smallest absolute Gasteiger partial charge is 0.410 e. The second-order valence-electron chi connectivity index (χ2n) is 9.91. The van der Waals surface area contributed by atoms with E-state index in [1.165, 1.54) is 0 Å². The number of nitrogens with zero attached hydrogens (tertiary/aromatic N) is 4. The monoisotopic (exact) mass is 491 g/mol. The Kier molecular flexibility index (Phi) is 5.96. The molecule has 0 radical (unpaired) electrons. The van der Waals surface area contributed by atoms with Crippen molar-refractivity contribution in [2.45, 2.75) is 52.1 Å². The van der Waals surface area contributed by atoms with Crippen LogP contribution in [-0.2, 0) is 4.74 Å². The number of carbonyl (C=O) groups is 1. The number of piperidine rings is 1. The lowest BCUT2D eigenvalue weighted by molar-refractivity contribution is 0.0203. The van der Waals surface area contributed by atoms with Gasteiger partial charge < -0.3 is 14.6 Å². The van der Waals surface area contributed by atoms with Crippen molar-refractivity contribution in [2.24, 2.45) is 0 Å². The summed E-state index contributed by atoms with van der Waals surface area (Å²) in [6.45, 7) is 8.82. The molecule has 3 aromatic heterocycles. The highest BCUT2D eigenvalue weighted by atomic mass is 32.1. The number of H-pyrrole nitrogens is 1. The molecule has 5 rings (SSSR count). The van der Waals surface area contributed by atoms with E-state index >= 15 is 0 Å². The number of aromatic amines is 1. The molecule has 0 spiro atoms. The van der Waals surface area contributed by atoms with Crippen molar-refractivity contribution >= 4 is 23.1 Å². The third-order valence-electron chi connectivity index (χ3n) is 6.17. The summed E-state index contributed by atoms with van der Waals surface area (Å²) in [5.74, 6) is 0.115. The van der Waals surface area contributed by atoms with Gasteiger partial charge >= 0.3 is 6.09 Å². The van der Waals surface area contributed by atoms with Crippen molar-refractivity contribution in [3.05, 3.63) is 63.5 Å². The number of hydrogen-bond donors (Lipinski definition) is 1. The second-order valence-corrected chi connectivity index (χ2v) is 11.1. The molecule has 4 heterocycles. The number of aryl methyl sites for hydroxylation is 1. The Labute approximate surface area is 207 Å². The lowest BCUT2D eigenvalue weighted by atomic mass is 9.93. The fourth-order valence-electron chi connectivity index (χ4n) is 4.52. The van der Waals surface area contributed by atoms with Crippen molar-refractivity contribution in [2.75, 3.05) is 13.1 Å². The summed E-state index contributed by atoms with van der Waals surface area (Å²) in [5.41, 5.74) is 3.64. The Bertz CT molecular complexity index is 1420. The molecular weight excluding hydrogens is 462 g/mol. The molecule has 1 N–H and O–H groups in total. The van der Waals surface area contributed by atoms with Crippen LogP contribution in [0.2, 0.25) is 0 Å². The summed E-state index contributed by atoms with van der Waals surface area (Å²) >= 11 is 1.59. The third kappa shape index (κ3) is 4.73. The average Bonchev–Trinajstić information content (AvgIpc) is 3.41. The van der Waals surface area contributed by atoms with E-state index in [0.29, 0.717) is 18.7 Å². The zero-order valence-electron chi connectivity index (χ0n) is 20.4. The molecule has 1 saturated heterocycles. The zero-order valence-corrected chi connectivity index (χ0v) is 21.2. The number of amides is 1. The first-order valence-electron chi connectivity index (χ1n) is 11.8. The first-order valence-corrected chi connectivity index (χ1v) is 12.6. The minimum Gasteiger partial charge on any atom is -0.444 e. The predicted molar refractivity (Wildman–Crippen MR) is 137 cm³/mol. The van der Waals surface area contributed by atoms with Crippen LogP contribution in [0.4, 0.5) is 4.79 Å². The molecule has 182 valence electrons. The van der Waals surface area contributed by atoms with Crippen LogP contribution in [0, 0.1) is 6.92 Å². The number of rotatable bonds is 3. The van der Waals surface area contributed by atoms with E-state index in [-0.39, 0.29) is 17.6 Å². The van der Waals surface area contributed by atoms with E-state index in [4.69, 9.17) is 9.72 Å². The summed E-state index contributed by atoms with van der Waals surface area (Å²) in [6, 6.07) is 11.7. The molecular formula is C26H29N5O3S. The molecule has 8 nitrogen and oxygen atoms in total. The van der Waals surface area contributed by atoms with Gasteiger partial charge in [0.05, 0.1) is 23.1 Å². The van der Waals surface area contributed by atoms with Gasteiger partial charge in [-0.2, -0.15) is 5.10 Å². The van der Waals surface area contributed by atoms with Crippen molar-refractivity contribution in [3.63, 3.8) is 0 Å². The first kappa shape index (κ1) is 23.3. The zero-order chi connectivity index (χ0) is 24.7. The minimum atomic E-state index is -0.521. The third-order valence-corrected chi connectivity index (χ3v) is 7.18. The van der Waals surface area contributed by atoms with Gasteiger partial charge in [-0.25, -0.2) is 14.3 Å². The summed E-state index contributed by atoms with van der Waals surface area (Å²) in [5, 5.41) is 5.46. The van der Waals surface area contributed by atoms with Crippen molar-refractivity contribution < 1.29 is 9.53 Å². The SMILES string of the molecule is Cc1sc(-c2cnn3c(C4CCN(C(=O)OC(C)(C)C)CC4)cc(=O)[nH]c23)nc1-c1ccccc1. The van der Waals surface area contributed by atoms with Gasteiger partial charge in [0.2, 0.25) is 0 Å². The number of benzene rings is 1. The van der Waals surface area contributed by atoms with E-state index < -0.39 is 5.60 Å². The number of likely N-dealkylation sites (tertiary alicyclic amines) is 1. The normalized spacial score (nSPS) is 15.0. The van der Waals surface area contributed by atoms with Crippen molar-refractivity contribution in [3.8, 4) is 21.8 Å². The van der Waals surface area contributed by atoms with Crippen molar-refractivity contribution in [1.29, 1.82) is 0 Å². The van der Waals surface area contributed by atoms with Crippen LogP contribution in [0.3, 0.4) is 0 Å². The van der Waals surface area contributed by atoms with Gasteiger partial charge in [-0.1, -0.05) is 30.3 Å². The quantitative estimate of drug-likeness (QED) is 0.423. The van der Waals surface area contributed by atoms with Crippen molar-refractivity contribution in [1.82, 2.24) is 24.5 Å². The number of thiazole rings is 1. The molecule has 0 saturated carbocycles. The highest BCUT2D eigenvalue weighted by molar-refractivity contribution is 7.15. The Morgan fingerprint density at radius 3 is 2.57 bits per heavy atom. The second kappa shape index (κ2) is 8.96. The van der Waals surface area contributed by atoms with Crippen LogP contribution in [0.25, 0.3) is 27.5 Å². The van der Waals surface area contributed by atoms with Gasteiger partial charge in [0, 0.05) is 35.5 Å². The van der Waals surface area contributed by atoms with Crippen LogP contribution in [0.1, 0.15) is 50.1 Å². The van der Waals surface area contributed by atoms with Gasteiger partial charge in [0.25, 0.3) is 5.56 Å². The predicted octanol–water partition coefficient (Wildman–Crippen LogP) is 5.24. The average molecular weight is 492 g/mol. The Morgan fingerprint density at radius 1 is 1.17 bits per heavy atom. The molecule has 0 aliphatic carbocycles. The number of hydrogen-bond acceptors (Lipinski definition) is 6. The van der Waals surface area contributed by atoms with E-state index in [9.17, 15) is 9.59 Å². The molecule has 4 aromatic rings. The van der Waals surface area contributed by atoms with Crippen LogP contribution in [0.5, 0.6) is 0 Å². The number of aromatic nitrogens is 4. The molecule has 1 fully saturated rings. The molecule has 1 aliphatic rings. The maximum Gasteiger partial charge on any atom is 0.410 e. The highest BCUT2D eigenvalue weighted by Gasteiger charge is 2.29. The lowest BCUT2D eigenvalue weighted by Crippen LogP contribution is -2.41. The minimum absolute atomic E-state index is 0.115. The first-order chi connectivity index (χ1) is 16.7. The Morgan fingerprint density at radius 2 is 1.89 bits per heavy atom. The summed E-state index contributed by atoms with van der Waals surface area (Å²) in [6.07, 6.45) is 2.96. The number of ether oxygens (including phenoxy) is 1. The largest absolute Gasteiger partial charge is 0.444 e. The molecule has 35 heavy (non-hydrogen) atoms. The van der Waals surface area contributed by atoms with Gasteiger partial charge in [-0.3, -0.25) is 4.79 Å². The van der Waals surface area contributed by atoms with Crippen LogP contribution in [0.15, 0.2) is 47.4 Å². The highest BCUT2D eigenvalue weighted by Crippen LogP contribution is 2.35. The molecule has 9 heteroatoms. The van der Waals surface area contributed by atoms with Crippen LogP contribution < -0.4 is 5.56 Å². The molecule has 0 bridgehead atoms. The fraction of sp³-hybridized carbons (Fsp3) is 0.385. The number of nitrogens with one attached hydrogen (secondary N) is 1. The van der Waals surface area contributed by atoms with Gasteiger partial charge in [-0.15, -0.1) is 11.3 Å². The summed E-state index contributed by atoms with van der Waals surface area (Å²) in [7, 11) is 0.